The van der Waals surface area contributed by atoms with E-state index in [-0.39, 0.29) is 0 Å². The first-order valence-corrected chi connectivity index (χ1v) is 8.72. The van der Waals surface area contributed by atoms with Gasteiger partial charge in [-0.05, 0) is 35.7 Å². The standard InChI is InChI=1S/C23H24O3/c1-16(2)19-14-20(23(25-4)15-22(19)24-3)18-12-8-9-13-21(18)26-17-10-6-5-7-11-17/h5-16H,1-4H3. The molecule has 0 aliphatic rings. The minimum atomic E-state index is 0.330. The molecule has 0 unspecified atom stereocenters. The molecule has 26 heavy (non-hydrogen) atoms. The van der Waals surface area contributed by atoms with E-state index >= 15 is 0 Å². The zero-order valence-electron chi connectivity index (χ0n) is 15.7. The summed E-state index contributed by atoms with van der Waals surface area (Å²) >= 11 is 0. The average molecular weight is 348 g/mol. The number of methoxy groups -OCH3 is 2. The van der Waals surface area contributed by atoms with Crippen molar-refractivity contribution < 1.29 is 14.2 Å². The molecular formula is C23H24O3. The summed E-state index contributed by atoms with van der Waals surface area (Å²) < 4.78 is 17.3. The molecule has 0 bridgehead atoms. The van der Waals surface area contributed by atoms with E-state index in [1.54, 1.807) is 14.2 Å². The van der Waals surface area contributed by atoms with Gasteiger partial charge in [0.1, 0.15) is 23.0 Å². The van der Waals surface area contributed by atoms with Crippen LogP contribution in [0.25, 0.3) is 11.1 Å². The fourth-order valence-corrected chi connectivity index (χ4v) is 2.98. The maximum absolute atomic E-state index is 6.13. The van der Waals surface area contributed by atoms with Crippen LogP contribution in [0.15, 0.2) is 66.7 Å². The van der Waals surface area contributed by atoms with Gasteiger partial charge in [0.2, 0.25) is 0 Å². The molecule has 0 aromatic heterocycles. The Bertz CT molecular complexity index is 870. The lowest BCUT2D eigenvalue weighted by Crippen LogP contribution is -1.98. The van der Waals surface area contributed by atoms with Gasteiger partial charge in [0.25, 0.3) is 0 Å². The third kappa shape index (κ3) is 3.67. The Morgan fingerprint density at radius 3 is 1.96 bits per heavy atom. The Kier molecular flexibility index (Phi) is 5.47. The van der Waals surface area contributed by atoms with Crippen molar-refractivity contribution in [1.82, 2.24) is 0 Å². The average Bonchev–Trinajstić information content (AvgIpc) is 2.68. The zero-order valence-corrected chi connectivity index (χ0v) is 15.7. The molecule has 3 rings (SSSR count). The highest BCUT2D eigenvalue weighted by Crippen LogP contribution is 2.42. The highest BCUT2D eigenvalue weighted by molar-refractivity contribution is 5.78. The monoisotopic (exact) mass is 348 g/mol. The number of rotatable bonds is 6. The van der Waals surface area contributed by atoms with Gasteiger partial charge in [0, 0.05) is 17.2 Å². The van der Waals surface area contributed by atoms with E-state index in [4.69, 9.17) is 14.2 Å². The molecule has 3 aromatic rings. The van der Waals surface area contributed by atoms with E-state index in [9.17, 15) is 0 Å². The van der Waals surface area contributed by atoms with Crippen molar-refractivity contribution >= 4 is 0 Å². The Balaban J connectivity index is 2.13. The first kappa shape index (κ1) is 17.9. The Morgan fingerprint density at radius 1 is 0.654 bits per heavy atom. The number of ether oxygens (including phenoxy) is 3. The van der Waals surface area contributed by atoms with Crippen molar-refractivity contribution in [2.45, 2.75) is 19.8 Å². The summed E-state index contributed by atoms with van der Waals surface area (Å²) in [6, 6.07) is 21.9. The molecule has 0 atom stereocenters. The summed E-state index contributed by atoms with van der Waals surface area (Å²) in [7, 11) is 3.36. The highest BCUT2D eigenvalue weighted by Gasteiger charge is 2.17. The molecule has 0 fully saturated rings. The van der Waals surface area contributed by atoms with Crippen LogP contribution in [0, 0.1) is 0 Å². The molecule has 0 amide bonds. The molecule has 0 spiro atoms. The van der Waals surface area contributed by atoms with Gasteiger partial charge < -0.3 is 14.2 Å². The fraction of sp³-hybridized carbons (Fsp3) is 0.217. The second kappa shape index (κ2) is 7.96. The summed E-state index contributed by atoms with van der Waals surface area (Å²) in [5, 5.41) is 0. The number of benzene rings is 3. The molecule has 0 aliphatic carbocycles. The highest BCUT2D eigenvalue weighted by atomic mass is 16.5. The van der Waals surface area contributed by atoms with Crippen LogP contribution in [0.2, 0.25) is 0 Å². The van der Waals surface area contributed by atoms with Crippen LogP contribution in [0.4, 0.5) is 0 Å². The van der Waals surface area contributed by atoms with Gasteiger partial charge in [-0.1, -0.05) is 50.2 Å². The lowest BCUT2D eigenvalue weighted by atomic mass is 9.95. The van der Waals surface area contributed by atoms with Gasteiger partial charge in [-0.3, -0.25) is 0 Å². The maximum atomic E-state index is 6.13. The van der Waals surface area contributed by atoms with Crippen molar-refractivity contribution in [3.63, 3.8) is 0 Å². The third-order valence-corrected chi connectivity index (χ3v) is 4.32. The summed E-state index contributed by atoms with van der Waals surface area (Å²) in [6.07, 6.45) is 0. The van der Waals surface area contributed by atoms with Gasteiger partial charge >= 0.3 is 0 Å². The van der Waals surface area contributed by atoms with E-state index in [0.29, 0.717) is 5.92 Å². The zero-order chi connectivity index (χ0) is 18.5. The van der Waals surface area contributed by atoms with Crippen LogP contribution in [-0.4, -0.2) is 14.2 Å². The molecule has 0 radical (unpaired) electrons. The summed E-state index contributed by atoms with van der Waals surface area (Å²) in [6.45, 7) is 4.31. The van der Waals surface area contributed by atoms with Crippen LogP contribution in [0.5, 0.6) is 23.0 Å². The molecule has 0 heterocycles. The molecular weight excluding hydrogens is 324 g/mol. The first-order valence-electron chi connectivity index (χ1n) is 8.72. The molecule has 0 N–H and O–H groups in total. The van der Waals surface area contributed by atoms with Crippen LogP contribution in [0.3, 0.4) is 0 Å². The third-order valence-electron chi connectivity index (χ3n) is 4.32. The Morgan fingerprint density at radius 2 is 1.31 bits per heavy atom. The van der Waals surface area contributed by atoms with Crippen molar-refractivity contribution in [3.8, 4) is 34.1 Å². The molecule has 134 valence electrons. The summed E-state index contributed by atoms with van der Waals surface area (Å²) in [5.41, 5.74) is 3.11. The Hall–Kier alpha value is -2.94. The number of hydrogen-bond donors (Lipinski definition) is 0. The molecule has 3 nitrogen and oxygen atoms in total. The second-order valence-electron chi connectivity index (χ2n) is 6.36. The number of para-hydroxylation sites is 2. The van der Waals surface area contributed by atoms with E-state index in [2.05, 4.69) is 19.9 Å². The van der Waals surface area contributed by atoms with Crippen molar-refractivity contribution in [2.24, 2.45) is 0 Å². The minimum absolute atomic E-state index is 0.330. The number of hydrogen-bond acceptors (Lipinski definition) is 3. The smallest absolute Gasteiger partial charge is 0.135 e. The fourth-order valence-electron chi connectivity index (χ4n) is 2.98. The first-order chi connectivity index (χ1) is 12.6. The minimum Gasteiger partial charge on any atom is -0.496 e. The van der Waals surface area contributed by atoms with Crippen LogP contribution in [0.1, 0.15) is 25.3 Å². The topological polar surface area (TPSA) is 27.7 Å². The molecule has 3 heteroatoms. The molecule has 0 aliphatic heterocycles. The van der Waals surface area contributed by atoms with Crippen LogP contribution in [-0.2, 0) is 0 Å². The molecule has 0 saturated carbocycles. The van der Waals surface area contributed by atoms with Gasteiger partial charge in [-0.2, -0.15) is 0 Å². The van der Waals surface area contributed by atoms with Crippen molar-refractivity contribution in [1.29, 1.82) is 0 Å². The largest absolute Gasteiger partial charge is 0.496 e. The lowest BCUT2D eigenvalue weighted by molar-refractivity contribution is 0.390. The SMILES string of the molecule is COc1cc(OC)c(C(C)C)cc1-c1ccccc1Oc1ccccc1. The van der Waals surface area contributed by atoms with E-state index in [1.807, 2.05) is 60.7 Å². The summed E-state index contributed by atoms with van der Waals surface area (Å²) in [4.78, 5) is 0. The predicted molar refractivity (Wildman–Crippen MR) is 106 cm³/mol. The predicted octanol–water partition coefficient (Wildman–Crippen LogP) is 6.29. The van der Waals surface area contributed by atoms with Crippen LogP contribution >= 0.6 is 0 Å². The second-order valence-corrected chi connectivity index (χ2v) is 6.36. The lowest BCUT2D eigenvalue weighted by Gasteiger charge is -2.19. The van der Waals surface area contributed by atoms with Gasteiger partial charge in [0.15, 0.2) is 0 Å². The molecule has 0 saturated heterocycles. The van der Waals surface area contributed by atoms with Gasteiger partial charge in [-0.15, -0.1) is 0 Å². The van der Waals surface area contributed by atoms with Gasteiger partial charge in [-0.25, -0.2) is 0 Å². The van der Waals surface area contributed by atoms with Crippen molar-refractivity contribution in [3.05, 3.63) is 72.3 Å². The normalized spacial score (nSPS) is 10.7. The molecule has 3 aromatic carbocycles. The van der Waals surface area contributed by atoms with Crippen molar-refractivity contribution in [2.75, 3.05) is 14.2 Å². The van der Waals surface area contributed by atoms with E-state index in [0.717, 1.165) is 39.7 Å². The van der Waals surface area contributed by atoms with E-state index < -0.39 is 0 Å². The maximum Gasteiger partial charge on any atom is 0.135 e. The summed E-state index contributed by atoms with van der Waals surface area (Å²) in [5.74, 6) is 3.52. The van der Waals surface area contributed by atoms with E-state index in [1.165, 1.54) is 0 Å². The van der Waals surface area contributed by atoms with Gasteiger partial charge in [0.05, 0.1) is 14.2 Å². The van der Waals surface area contributed by atoms with Crippen LogP contribution < -0.4 is 14.2 Å². The quantitative estimate of drug-likeness (QED) is 0.524. The Labute approximate surface area is 155 Å².